The Morgan fingerprint density at radius 1 is 1.04 bits per heavy atom. The molecule has 2 rings (SSSR count). The molecule has 0 radical (unpaired) electrons. The van der Waals surface area contributed by atoms with E-state index < -0.39 is 5.78 Å². The molecule has 2 aromatic rings. The first-order valence-corrected chi connectivity index (χ1v) is 8.96. The summed E-state index contributed by atoms with van der Waals surface area (Å²) in [6.07, 6.45) is 2.96. The van der Waals surface area contributed by atoms with Gasteiger partial charge in [0.1, 0.15) is 6.07 Å². The van der Waals surface area contributed by atoms with E-state index in [0.29, 0.717) is 22.1 Å². The lowest BCUT2D eigenvalue weighted by Gasteiger charge is -2.08. The Morgan fingerprint density at radius 2 is 1.65 bits per heavy atom. The minimum atomic E-state index is -0.420. The number of hydrogen-bond acceptors (Lipinski definition) is 4. The van der Waals surface area contributed by atoms with E-state index in [-0.39, 0.29) is 5.57 Å². The van der Waals surface area contributed by atoms with Gasteiger partial charge in [0.2, 0.25) is 5.78 Å². The van der Waals surface area contributed by atoms with Gasteiger partial charge in [-0.25, -0.2) is 0 Å². The Bertz CT molecular complexity index is 912. The largest absolute Gasteiger partial charge is 0.493 e. The number of nitriles is 1. The lowest BCUT2D eigenvalue weighted by molar-refractivity contribution is 0.103. The fourth-order valence-corrected chi connectivity index (χ4v) is 2.71. The van der Waals surface area contributed by atoms with E-state index in [2.05, 4.69) is 22.6 Å². The highest BCUT2D eigenvalue weighted by molar-refractivity contribution is 14.1. The number of nitrogens with zero attached hydrogens (tertiary/aromatic N) is 1. The molecule has 0 saturated carbocycles. The van der Waals surface area contributed by atoms with Crippen LogP contribution in [0.1, 0.15) is 15.9 Å². The highest BCUT2D eigenvalue weighted by atomic mass is 127. The second-order valence-electron chi connectivity index (χ2n) is 5.11. The number of Topliss-reactive ketones (excluding diaryl/α,β-unsaturated/α-hetero) is 1. The maximum absolute atomic E-state index is 12.6. The van der Waals surface area contributed by atoms with E-state index in [1.165, 1.54) is 26.4 Å². The number of ether oxygens (including phenoxy) is 2. The number of carbonyl (C=O) groups excluding carboxylic acids is 1. The Morgan fingerprint density at radius 3 is 2.23 bits per heavy atom. The first-order chi connectivity index (χ1) is 12.5. The molecule has 0 aliphatic rings. The monoisotopic (exact) mass is 479 g/mol. The topological polar surface area (TPSA) is 59.3 Å². The molecule has 0 N–H and O–H groups in total. The van der Waals surface area contributed by atoms with E-state index in [1.54, 1.807) is 18.2 Å². The average molecular weight is 480 g/mol. The highest BCUT2D eigenvalue weighted by Gasteiger charge is 2.14. The van der Waals surface area contributed by atoms with Crippen molar-refractivity contribution in [2.45, 2.75) is 0 Å². The van der Waals surface area contributed by atoms with E-state index in [0.717, 1.165) is 9.13 Å². The van der Waals surface area contributed by atoms with Gasteiger partial charge in [-0.2, -0.15) is 5.26 Å². The Balaban J connectivity index is 2.31. The molecule has 0 amide bonds. The third-order valence-corrected chi connectivity index (χ3v) is 4.59. The summed E-state index contributed by atoms with van der Waals surface area (Å²) >= 11 is 8.46. The van der Waals surface area contributed by atoms with Crippen LogP contribution in [0.4, 0.5) is 0 Å². The maximum atomic E-state index is 12.6. The smallest absolute Gasteiger partial charge is 0.203 e. The maximum Gasteiger partial charge on any atom is 0.203 e. The highest BCUT2D eigenvalue weighted by Crippen LogP contribution is 2.28. The molecule has 0 aliphatic heterocycles. The molecule has 2 aromatic carbocycles. The summed E-state index contributed by atoms with van der Waals surface area (Å²) in [6.45, 7) is 0. The first-order valence-electron chi connectivity index (χ1n) is 7.50. The van der Waals surface area contributed by atoms with Crippen molar-refractivity contribution in [2.24, 2.45) is 0 Å². The number of methoxy groups -OCH3 is 2. The molecule has 0 fully saturated rings. The van der Waals surface area contributed by atoms with Gasteiger partial charge in [0.15, 0.2) is 11.5 Å². The van der Waals surface area contributed by atoms with Gasteiger partial charge in [-0.1, -0.05) is 23.7 Å². The van der Waals surface area contributed by atoms with Crippen LogP contribution in [0, 0.1) is 14.9 Å². The molecule has 26 heavy (non-hydrogen) atoms. The zero-order valence-electron chi connectivity index (χ0n) is 14.1. The van der Waals surface area contributed by atoms with Crippen molar-refractivity contribution in [3.8, 4) is 17.6 Å². The number of allylic oxidation sites excluding steroid dienone is 3. The molecule has 0 saturated heterocycles. The van der Waals surface area contributed by atoms with Gasteiger partial charge in [-0.05, 0) is 70.6 Å². The molecule has 132 valence electrons. The number of benzene rings is 2. The Kier molecular flexibility index (Phi) is 7.25. The van der Waals surface area contributed by atoms with Gasteiger partial charge in [-0.15, -0.1) is 0 Å². The molecule has 4 nitrogen and oxygen atoms in total. The molecule has 0 unspecified atom stereocenters. The SMILES string of the molecule is COc1ccc(C(=O)C(C#N)=CC=C(Cl)c2ccc(I)cc2)cc1OC. The van der Waals surface area contributed by atoms with Crippen molar-refractivity contribution in [2.75, 3.05) is 14.2 Å². The molecular weight excluding hydrogens is 465 g/mol. The number of ketones is 1. The average Bonchev–Trinajstić information content (AvgIpc) is 2.67. The Labute approximate surface area is 170 Å². The second kappa shape index (κ2) is 9.41. The zero-order valence-corrected chi connectivity index (χ0v) is 17.0. The predicted octanol–water partition coefficient (Wildman–Crippen LogP) is 5.22. The van der Waals surface area contributed by atoms with Crippen molar-refractivity contribution in [3.05, 3.63) is 74.9 Å². The zero-order chi connectivity index (χ0) is 19.1. The van der Waals surface area contributed by atoms with Gasteiger partial charge >= 0.3 is 0 Å². The van der Waals surface area contributed by atoms with Crippen molar-refractivity contribution in [3.63, 3.8) is 0 Å². The van der Waals surface area contributed by atoms with Gasteiger partial charge in [0, 0.05) is 14.2 Å². The van der Waals surface area contributed by atoms with Crippen molar-refractivity contribution in [1.82, 2.24) is 0 Å². The van der Waals surface area contributed by atoms with Crippen LogP contribution < -0.4 is 9.47 Å². The summed E-state index contributed by atoms with van der Waals surface area (Å²) in [4.78, 5) is 12.6. The number of halogens is 2. The van der Waals surface area contributed by atoms with E-state index >= 15 is 0 Å². The van der Waals surface area contributed by atoms with Crippen LogP contribution in [0.3, 0.4) is 0 Å². The van der Waals surface area contributed by atoms with Crippen molar-refractivity contribution >= 4 is 45.0 Å². The van der Waals surface area contributed by atoms with Crippen LogP contribution in [0.25, 0.3) is 5.03 Å². The lowest BCUT2D eigenvalue weighted by Crippen LogP contribution is -2.03. The second-order valence-corrected chi connectivity index (χ2v) is 6.77. The number of hydrogen-bond donors (Lipinski definition) is 0. The van der Waals surface area contributed by atoms with Crippen LogP contribution in [-0.4, -0.2) is 20.0 Å². The van der Waals surface area contributed by atoms with Crippen LogP contribution in [0.15, 0.2) is 60.2 Å². The molecule has 0 aliphatic carbocycles. The van der Waals surface area contributed by atoms with Gasteiger partial charge < -0.3 is 9.47 Å². The van der Waals surface area contributed by atoms with Crippen molar-refractivity contribution in [1.29, 1.82) is 5.26 Å². The minimum Gasteiger partial charge on any atom is -0.493 e. The standard InChI is InChI=1S/C20H15ClINO3/c1-25-18-10-6-14(11-19(18)26-2)20(24)15(12-23)5-9-17(21)13-3-7-16(22)8-4-13/h3-11H,1-2H3. The molecule has 0 aromatic heterocycles. The molecule has 0 spiro atoms. The van der Waals surface area contributed by atoms with Gasteiger partial charge in [-0.3, -0.25) is 4.79 Å². The van der Waals surface area contributed by atoms with Crippen LogP contribution in [0.2, 0.25) is 0 Å². The fourth-order valence-electron chi connectivity index (χ4n) is 2.16. The van der Waals surface area contributed by atoms with Crippen molar-refractivity contribution < 1.29 is 14.3 Å². The summed E-state index contributed by atoms with van der Waals surface area (Å²) < 4.78 is 11.4. The summed E-state index contributed by atoms with van der Waals surface area (Å²) in [7, 11) is 2.99. The normalized spacial score (nSPS) is 11.7. The predicted molar refractivity (Wildman–Crippen MR) is 111 cm³/mol. The summed E-state index contributed by atoms with van der Waals surface area (Å²) in [6, 6.07) is 14.3. The lowest BCUT2D eigenvalue weighted by atomic mass is 10.0. The number of carbonyl (C=O) groups is 1. The van der Waals surface area contributed by atoms with Gasteiger partial charge in [0.05, 0.1) is 19.8 Å². The Hall–Kier alpha value is -2.30. The number of rotatable bonds is 6. The minimum absolute atomic E-state index is 0.0270. The molecule has 0 heterocycles. The third-order valence-electron chi connectivity index (χ3n) is 3.53. The summed E-state index contributed by atoms with van der Waals surface area (Å²) in [5, 5.41) is 9.78. The van der Waals surface area contributed by atoms with Crippen LogP contribution in [-0.2, 0) is 0 Å². The first kappa shape index (κ1) is 20.0. The summed E-state index contributed by atoms with van der Waals surface area (Å²) in [5.41, 5.74) is 1.11. The van der Waals surface area contributed by atoms with Crippen LogP contribution in [0.5, 0.6) is 11.5 Å². The molecular formula is C20H15ClINO3. The molecule has 0 bridgehead atoms. The van der Waals surface area contributed by atoms with E-state index in [9.17, 15) is 10.1 Å². The van der Waals surface area contributed by atoms with E-state index in [1.807, 2.05) is 30.3 Å². The van der Waals surface area contributed by atoms with Gasteiger partial charge in [0.25, 0.3) is 0 Å². The molecule has 6 heteroatoms. The molecule has 0 atom stereocenters. The van der Waals surface area contributed by atoms with Crippen LogP contribution >= 0.6 is 34.2 Å². The third kappa shape index (κ3) is 4.87. The van der Waals surface area contributed by atoms with E-state index in [4.69, 9.17) is 21.1 Å². The fraction of sp³-hybridized carbons (Fsp3) is 0.100. The summed E-state index contributed by atoms with van der Waals surface area (Å²) in [5.74, 6) is 0.507. The quantitative estimate of drug-likeness (QED) is 0.187.